The summed E-state index contributed by atoms with van der Waals surface area (Å²) in [6.45, 7) is 0. The van der Waals surface area contributed by atoms with E-state index in [1.807, 2.05) is 0 Å². The molecule has 0 aliphatic heterocycles. The van der Waals surface area contributed by atoms with Gasteiger partial charge in [-0.05, 0) is 46.3 Å². The molecule has 0 aliphatic rings. The molecule has 2 N–H and O–H groups in total. The van der Waals surface area contributed by atoms with Crippen LogP contribution in [0.2, 0.25) is 5.02 Å². The van der Waals surface area contributed by atoms with Crippen LogP contribution in [0.3, 0.4) is 0 Å². The molecule has 0 unspecified atom stereocenters. The summed E-state index contributed by atoms with van der Waals surface area (Å²) in [7, 11) is 0. The second-order valence-corrected chi connectivity index (χ2v) is 4.81. The molecule has 0 radical (unpaired) electrons. The number of nitrogen functional groups attached to an aromatic ring is 1. The zero-order valence-electron chi connectivity index (χ0n) is 9.15. The maximum atomic E-state index is 8.82. The number of nitriles is 1. The number of halogens is 2. The first-order valence-corrected chi connectivity index (χ1v) is 6.20. The van der Waals surface area contributed by atoms with Crippen LogP contribution in [-0.2, 0) is 0 Å². The van der Waals surface area contributed by atoms with Crippen LogP contribution >= 0.6 is 27.5 Å². The van der Waals surface area contributed by atoms with E-state index in [0.29, 0.717) is 32.2 Å². The Kier molecular flexibility index (Phi) is 3.75. The number of hydrogen-bond acceptors (Lipinski definition) is 3. The predicted molar refractivity (Wildman–Crippen MR) is 74.8 cm³/mol. The van der Waals surface area contributed by atoms with Gasteiger partial charge in [0, 0.05) is 16.2 Å². The van der Waals surface area contributed by atoms with Crippen LogP contribution in [0, 0.1) is 11.3 Å². The van der Waals surface area contributed by atoms with Crippen molar-refractivity contribution in [2.24, 2.45) is 0 Å². The van der Waals surface area contributed by atoms with E-state index in [1.54, 1.807) is 36.4 Å². The van der Waals surface area contributed by atoms with Crippen molar-refractivity contribution in [1.29, 1.82) is 5.26 Å². The zero-order valence-corrected chi connectivity index (χ0v) is 11.5. The van der Waals surface area contributed by atoms with Crippen molar-refractivity contribution in [2.45, 2.75) is 0 Å². The van der Waals surface area contributed by atoms with Gasteiger partial charge in [0.05, 0.1) is 10.6 Å². The molecule has 18 heavy (non-hydrogen) atoms. The van der Waals surface area contributed by atoms with E-state index in [9.17, 15) is 0 Å². The van der Waals surface area contributed by atoms with Gasteiger partial charge in [0.1, 0.15) is 17.6 Å². The molecular formula is C13H8BrClN2O. The summed E-state index contributed by atoms with van der Waals surface area (Å²) in [4.78, 5) is 0. The van der Waals surface area contributed by atoms with Gasteiger partial charge in [-0.15, -0.1) is 0 Å². The summed E-state index contributed by atoms with van der Waals surface area (Å²) in [6.07, 6.45) is 0. The lowest BCUT2D eigenvalue weighted by atomic mass is 10.2. The number of nitrogens with zero attached hydrogens (tertiary/aromatic N) is 1. The molecule has 0 saturated carbocycles. The summed E-state index contributed by atoms with van der Waals surface area (Å²) in [5.41, 5.74) is 6.78. The third-order valence-electron chi connectivity index (χ3n) is 2.24. The van der Waals surface area contributed by atoms with Crippen LogP contribution in [0.5, 0.6) is 11.5 Å². The van der Waals surface area contributed by atoms with Crippen LogP contribution in [0.25, 0.3) is 0 Å². The highest BCUT2D eigenvalue weighted by Crippen LogP contribution is 2.32. The molecule has 0 bridgehead atoms. The Hall–Kier alpha value is -1.70. The Labute approximate surface area is 118 Å². The van der Waals surface area contributed by atoms with E-state index in [2.05, 4.69) is 22.0 Å². The van der Waals surface area contributed by atoms with Crippen molar-refractivity contribution in [3.8, 4) is 17.6 Å². The summed E-state index contributed by atoms with van der Waals surface area (Å²) >= 11 is 9.29. The van der Waals surface area contributed by atoms with Gasteiger partial charge < -0.3 is 10.5 Å². The SMILES string of the molecule is N#Cc1ccc(Oc2cc(N)ccc2Cl)cc1Br. The molecule has 0 amide bonds. The zero-order chi connectivity index (χ0) is 13.1. The number of nitrogens with two attached hydrogens (primary N) is 1. The third kappa shape index (κ3) is 2.76. The monoisotopic (exact) mass is 322 g/mol. The lowest BCUT2D eigenvalue weighted by Crippen LogP contribution is -1.89. The summed E-state index contributed by atoms with van der Waals surface area (Å²) in [5.74, 6) is 1.06. The number of anilines is 1. The Morgan fingerprint density at radius 1 is 1.22 bits per heavy atom. The third-order valence-corrected chi connectivity index (χ3v) is 3.21. The van der Waals surface area contributed by atoms with Crippen molar-refractivity contribution in [3.63, 3.8) is 0 Å². The molecule has 0 fully saturated rings. The molecule has 0 atom stereocenters. The lowest BCUT2D eigenvalue weighted by Gasteiger charge is -2.09. The average molecular weight is 324 g/mol. The largest absolute Gasteiger partial charge is 0.456 e. The van der Waals surface area contributed by atoms with E-state index in [1.165, 1.54) is 0 Å². The van der Waals surface area contributed by atoms with Gasteiger partial charge in [-0.1, -0.05) is 11.6 Å². The molecule has 0 aliphatic carbocycles. The van der Waals surface area contributed by atoms with Crippen LogP contribution in [0.1, 0.15) is 5.56 Å². The van der Waals surface area contributed by atoms with Crippen molar-refractivity contribution in [2.75, 3.05) is 5.73 Å². The summed E-state index contributed by atoms with van der Waals surface area (Å²) < 4.78 is 6.29. The van der Waals surface area contributed by atoms with E-state index in [-0.39, 0.29) is 0 Å². The normalized spacial score (nSPS) is 9.83. The Morgan fingerprint density at radius 2 is 2.00 bits per heavy atom. The van der Waals surface area contributed by atoms with Crippen LogP contribution in [0.4, 0.5) is 5.69 Å². The van der Waals surface area contributed by atoms with Gasteiger partial charge in [-0.2, -0.15) is 5.26 Å². The molecule has 2 aromatic carbocycles. The highest BCUT2D eigenvalue weighted by Gasteiger charge is 2.06. The van der Waals surface area contributed by atoms with E-state index in [4.69, 9.17) is 27.3 Å². The Morgan fingerprint density at radius 3 is 2.67 bits per heavy atom. The van der Waals surface area contributed by atoms with Crippen LogP contribution in [-0.4, -0.2) is 0 Å². The second-order valence-electron chi connectivity index (χ2n) is 3.55. The number of rotatable bonds is 2. The smallest absolute Gasteiger partial charge is 0.148 e. The van der Waals surface area contributed by atoms with E-state index < -0.39 is 0 Å². The topological polar surface area (TPSA) is 59.0 Å². The molecule has 3 nitrogen and oxygen atoms in total. The summed E-state index contributed by atoms with van der Waals surface area (Å²) in [5, 5.41) is 9.30. The molecular weight excluding hydrogens is 316 g/mol. The fourth-order valence-corrected chi connectivity index (χ4v) is 1.98. The van der Waals surface area contributed by atoms with Crippen LogP contribution in [0.15, 0.2) is 40.9 Å². The fraction of sp³-hybridized carbons (Fsp3) is 0. The standard InChI is InChI=1S/C13H8BrClN2O/c14-11-6-10(3-1-8(11)7-16)18-13-5-9(17)2-4-12(13)15/h1-6H,17H2. The van der Waals surface area contributed by atoms with Gasteiger partial charge in [0.2, 0.25) is 0 Å². The number of benzene rings is 2. The molecule has 90 valence electrons. The molecule has 2 rings (SSSR count). The first kappa shape index (κ1) is 12.7. The first-order valence-electron chi connectivity index (χ1n) is 5.02. The van der Waals surface area contributed by atoms with Crippen LogP contribution < -0.4 is 10.5 Å². The molecule has 0 spiro atoms. The maximum Gasteiger partial charge on any atom is 0.148 e. The van der Waals surface area contributed by atoms with Gasteiger partial charge in [-0.3, -0.25) is 0 Å². The molecule has 0 aromatic heterocycles. The minimum Gasteiger partial charge on any atom is -0.456 e. The van der Waals surface area contributed by atoms with Crippen molar-refractivity contribution < 1.29 is 4.74 Å². The highest BCUT2D eigenvalue weighted by molar-refractivity contribution is 9.10. The minimum absolute atomic E-state index is 0.477. The maximum absolute atomic E-state index is 8.82. The molecule has 2 aromatic rings. The summed E-state index contributed by atoms with van der Waals surface area (Å²) in [6, 6.07) is 12.1. The fourth-order valence-electron chi connectivity index (χ4n) is 1.38. The van der Waals surface area contributed by atoms with Crippen molar-refractivity contribution in [1.82, 2.24) is 0 Å². The minimum atomic E-state index is 0.477. The Bertz CT molecular complexity index is 637. The second kappa shape index (κ2) is 5.30. The average Bonchev–Trinajstić information content (AvgIpc) is 2.34. The number of hydrogen-bond donors (Lipinski definition) is 1. The van der Waals surface area contributed by atoms with Crippen molar-refractivity contribution >= 4 is 33.2 Å². The predicted octanol–water partition coefficient (Wildman–Crippen LogP) is 4.35. The van der Waals surface area contributed by atoms with E-state index in [0.717, 1.165) is 0 Å². The molecule has 0 heterocycles. The number of ether oxygens (including phenoxy) is 1. The molecule has 0 saturated heterocycles. The lowest BCUT2D eigenvalue weighted by molar-refractivity contribution is 0.483. The van der Waals surface area contributed by atoms with Gasteiger partial charge >= 0.3 is 0 Å². The van der Waals surface area contributed by atoms with Gasteiger partial charge in [0.15, 0.2) is 0 Å². The van der Waals surface area contributed by atoms with Crippen molar-refractivity contribution in [3.05, 3.63) is 51.5 Å². The van der Waals surface area contributed by atoms with Gasteiger partial charge in [0.25, 0.3) is 0 Å². The highest BCUT2D eigenvalue weighted by atomic mass is 79.9. The van der Waals surface area contributed by atoms with E-state index >= 15 is 0 Å². The quantitative estimate of drug-likeness (QED) is 0.836. The first-order chi connectivity index (χ1) is 8.60. The molecule has 5 heteroatoms. The Balaban J connectivity index is 2.32. The van der Waals surface area contributed by atoms with Gasteiger partial charge in [-0.25, -0.2) is 0 Å².